The number of carbonyl (C=O) groups is 2. The Kier molecular flexibility index (Phi) is 5.66. The summed E-state index contributed by atoms with van der Waals surface area (Å²) in [4.78, 5) is 25.1. The zero-order valence-electron chi connectivity index (χ0n) is 16.1. The van der Waals surface area contributed by atoms with Gasteiger partial charge in [0, 0.05) is 6.07 Å². The van der Waals surface area contributed by atoms with Crippen molar-refractivity contribution >= 4 is 33.6 Å². The predicted molar refractivity (Wildman–Crippen MR) is 106 cm³/mol. The Morgan fingerprint density at radius 2 is 2.11 bits per heavy atom. The van der Waals surface area contributed by atoms with Crippen LogP contribution in [0.2, 0.25) is 0 Å². The Bertz CT molecular complexity index is 904. The molecule has 3 rings (SSSR count). The molecule has 1 saturated heterocycles. The average Bonchev–Trinajstić information content (AvgIpc) is 2.84. The first-order chi connectivity index (χ1) is 13.1. The van der Waals surface area contributed by atoms with E-state index in [-0.39, 0.29) is 27.4 Å². The van der Waals surface area contributed by atoms with Gasteiger partial charge in [-0.2, -0.15) is 0 Å². The zero-order chi connectivity index (χ0) is 20.7. The van der Waals surface area contributed by atoms with Crippen LogP contribution in [0, 0.1) is 5.92 Å². The molecule has 1 saturated carbocycles. The molecule has 2 fully saturated rings. The highest BCUT2D eigenvalue weighted by Crippen LogP contribution is 2.50. The summed E-state index contributed by atoms with van der Waals surface area (Å²) in [5.74, 6) is -0.129. The Balaban J connectivity index is 1.90. The van der Waals surface area contributed by atoms with Gasteiger partial charge in [0.2, 0.25) is 10.0 Å². The highest BCUT2D eigenvalue weighted by atomic mass is 32.2. The summed E-state index contributed by atoms with van der Waals surface area (Å²) in [5, 5.41) is 6.38. The van der Waals surface area contributed by atoms with E-state index in [2.05, 4.69) is 12.3 Å². The average molecular weight is 428 g/mol. The van der Waals surface area contributed by atoms with E-state index in [0.29, 0.717) is 5.92 Å². The van der Waals surface area contributed by atoms with Crippen molar-refractivity contribution in [3.05, 3.63) is 23.8 Å². The highest BCUT2D eigenvalue weighted by Gasteiger charge is 2.52. The quantitative estimate of drug-likeness (QED) is 0.757. The molecule has 2 amide bonds. The first-order valence-corrected chi connectivity index (χ1v) is 11.5. The molecule has 3 N–H and O–H groups in total. The summed E-state index contributed by atoms with van der Waals surface area (Å²) in [6.45, 7) is 4.01. The second-order valence-electron chi connectivity index (χ2n) is 7.43. The molecule has 1 spiro atoms. The molecule has 2 aliphatic rings. The maximum absolute atomic E-state index is 12.9. The van der Waals surface area contributed by atoms with E-state index < -0.39 is 20.8 Å². The van der Waals surface area contributed by atoms with E-state index in [1.807, 2.05) is 6.92 Å². The molecule has 1 aliphatic carbocycles. The fraction of sp³-hybridized carbons (Fsp3) is 0.556. The predicted octanol–water partition coefficient (Wildman–Crippen LogP) is 1.86. The number of ether oxygens (including phenoxy) is 1. The molecule has 10 heteroatoms. The lowest BCUT2D eigenvalue weighted by Gasteiger charge is -2.42. The van der Waals surface area contributed by atoms with Crippen LogP contribution in [-0.4, -0.2) is 42.5 Å². The molecule has 1 aromatic carbocycles. The molecular weight excluding hydrogens is 402 g/mol. The van der Waals surface area contributed by atoms with Gasteiger partial charge in [-0.3, -0.25) is 15.0 Å². The number of methoxy groups -OCH3 is 1. The standard InChI is InChI=1S/C18H25N3O5S2/c1-11-5-4-8-18(10-11)21(17(23)12(2)27-18)20-16(22)14-7-6-13(28(19,24)25)9-15(14)26-3/h6-7,9,11-12H,4-5,8,10H2,1-3H3,(H,20,22)(H2,19,24,25). The van der Waals surface area contributed by atoms with Crippen molar-refractivity contribution in [3.63, 3.8) is 0 Å². The van der Waals surface area contributed by atoms with Crippen LogP contribution in [0.5, 0.6) is 5.75 Å². The second-order valence-corrected chi connectivity index (χ2v) is 10.7. The molecule has 3 atom stereocenters. The SMILES string of the molecule is COc1cc(S(N)(=O)=O)ccc1C(=O)NN1C(=O)C(C)SC12CCCC(C)C2. The molecule has 0 radical (unpaired) electrons. The molecule has 0 aromatic heterocycles. The monoisotopic (exact) mass is 427 g/mol. The van der Waals surface area contributed by atoms with Crippen LogP contribution < -0.4 is 15.3 Å². The number of nitrogens with one attached hydrogen (secondary N) is 1. The summed E-state index contributed by atoms with van der Waals surface area (Å²) in [6.07, 6.45) is 3.73. The first kappa shape index (κ1) is 20.9. The Morgan fingerprint density at radius 3 is 2.71 bits per heavy atom. The molecule has 1 aliphatic heterocycles. The van der Waals surface area contributed by atoms with Gasteiger partial charge in [0.1, 0.15) is 10.6 Å². The normalized spacial score (nSPS) is 27.9. The lowest BCUT2D eigenvalue weighted by Crippen LogP contribution is -2.56. The Hall–Kier alpha value is -1.78. The van der Waals surface area contributed by atoms with Crippen molar-refractivity contribution in [2.45, 2.75) is 54.5 Å². The minimum Gasteiger partial charge on any atom is -0.496 e. The minimum atomic E-state index is -3.92. The molecule has 154 valence electrons. The van der Waals surface area contributed by atoms with Gasteiger partial charge in [-0.25, -0.2) is 18.6 Å². The van der Waals surface area contributed by atoms with Crippen molar-refractivity contribution in [1.29, 1.82) is 0 Å². The van der Waals surface area contributed by atoms with Gasteiger partial charge in [-0.15, -0.1) is 11.8 Å². The highest BCUT2D eigenvalue weighted by molar-refractivity contribution is 8.02. The summed E-state index contributed by atoms with van der Waals surface area (Å²) in [7, 11) is -2.59. The third kappa shape index (κ3) is 3.85. The van der Waals surface area contributed by atoms with Crippen LogP contribution in [0.25, 0.3) is 0 Å². The number of sulfonamides is 1. The lowest BCUT2D eigenvalue weighted by atomic mass is 9.86. The van der Waals surface area contributed by atoms with Crippen molar-refractivity contribution in [2.24, 2.45) is 11.1 Å². The largest absolute Gasteiger partial charge is 0.496 e. The molecule has 8 nitrogen and oxygen atoms in total. The summed E-state index contributed by atoms with van der Waals surface area (Å²) < 4.78 is 28.3. The van der Waals surface area contributed by atoms with Crippen LogP contribution in [0.3, 0.4) is 0 Å². The molecule has 1 aromatic rings. The topological polar surface area (TPSA) is 119 Å². The van der Waals surface area contributed by atoms with Crippen molar-refractivity contribution in [3.8, 4) is 5.75 Å². The van der Waals surface area contributed by atoms with Gasteiger partial charge >= 0.3 is 0 Å². The first-order valence-electron chi connectivity index (χ1n) is 9.11. The Labute approximate surface area is 169 Å². The fourth-order valence-corrected chi connectivity index (χ4v) is 6.23. The smallest absolute Gasteiger partial charge is 0.273 e. The van der Waals surface area contributed by atoms with Gasteiger partial charge in [0.25, 0.3) is 11.8 Å². The second kappa shape index (κ2) is 7.57. The number of rotatable bonds is 4. The van der Waals surface area contributed by atoms with E-state index in [1.165, 1.54) is 30.3 Å². The Morgan fingerprint density at radius 1 is 1.39 bits per heavy atom. The van der Waals surface area contributed by atoms with E-state index in [4.69, 9.17) is 9.88 Å². The van der Waals surface area contributed by atoms with Crippen LogP contribution >= 0.6 is 11.8 Å². The van der Waals surface area contributed by atoms with E-state index in [9.17, 15) is 18.0 Å². The number of hydrazine groups is 1. The van der Waals surface area contributed by atoms with Crippen LogP contribution in [0.1, 0.15) is 49.9 Å². The van der Waals surface area contributed by atoms with Gasteiger partial charge in [0.05, 0.1) is 22.8 Å². The van der Waals surface area contributed by atoms with Gasteiger partial charge in [-0.05, 0) is 44.2 Å². The third-order valence-corrected chi connectivity index (χ3v) is 7.72. The molecular formula is C18H25N3O5S2. The summed E-state index contributed by atoms with van der Waals surface area (Å²) >= 11 is 1.60. The maximum Gasteiger partial charge on any atom is 0.273 e. The number of hydrogen-bond donors (Lipinski definition) is 2. The van der Waals surface area contributed by atoms with Crippen molar-refractivity contribution in [2.75, 3.05) is 7.11 Å². The number of carbonyl (C=O) groups excluding carboxylic acids is 2. The summed E-state index contributed by atoms with van der Waals surface area (Å²) in [5.41, 5.74) is 2.88. The fourth-order valence-electron chi connectivity index (χ4n) is 3.96. The molecule has 0 bridgehead atoms. The molecule has 1 heterocycles. The summed E-state index contributed by atoms with van der Waals surface area (Å²) in [6, 6.07) is 3.78. The van der Waals surface area contributed by atoms with Crippen LogP contribution in [-0.2, 0) is 14.8 Å². The van der Waals surface area contributed by atoms with Crippen molar-refractivity contribution in [1.82, 2.24) is 10.4 Å². The number of amides is 2. The number of nitrogens with zero attached hydrogens (tertiary/aromatic N) is 1. The van der Waals surface area contributed by atoms with Gasteiger partial charge in [0.15, 0.2) is 0 Å². The van der Waals surface area contributed by atoms with Gasteiger partial charge in [-0.1, -0.05) is 13.3 Å². The van der Waals surface area contributed by atoms with E-state index in [0.717, 1.165) is 25.7 Å². The third-order valence-electron chi connectivity index (χ3n) is 5.26. The number of primary sulfonamides is 1. The molecule has 28 heavy (non-hydrogen) atoms. The zero-order valence-corrected chi connectivity index (χ0v) is 17.7. The number of thioether (sulfide) groups is 1. The maximum atomic E-state index is 12.9. The van der Waals surface area contributed by atoms with Crippen molar-refractivity contribution < 1.29 is 22.7 Å². The van der Waals surface area contributed by atoms with Gasteiger partial charge < -0.3 is 4.74 Å². The van der Waals surface area contributed by atoms with E-state index in [1.54, 1.807) is 11.8 Å². The lowest BCUT2D eigenvalue weighted by molar-refractivity contribution is -0.136. The van der Waals surface area contributed by atoms with Crippen LogP contribution in [0.15, 0.2) is 23.1 Å². The van der Waals surface area contributed by atoms with E-state index >= 15 is 0 Å². The number of hydrogen-bond acceptors (Lipinski definition) is 6. The molecule has 3 unspecified atom stereocenters. The number of nitrogens with two attached hydrogens (primary N) is 1. The number of benzene rings is 1. The van der Waals surface area contributed by atoms with Crippen LogP contribution in [0.4, 0.5) is 0 Å². The minimum absolute atomic E-state index is 0.0717.